The van der Waals surface area contributed by atoms with Crippen LogP contribution in [0.4, 0.5) is 0 Å². The number of ketones is 1. The highest BCUT2D eigenvalue weighted by Gasteiger charge is 2.28. The Kier molecular flexibility index (Phi) is 5.39. The number of ether oxygens (including phenoxy) is 1. The van der Waals surface area contributed by atoms with Gasteiger partial charge in [-0.25, -0.2) is 4.79 Å². The summed E-state index contributed by atoms with van der Waals surface area (Å²) in [6, 6.07) is -0.582. The maximum absolute atomic E-state index is 11.4. The zero-order valence-electron chi connectivity index (χ0n) is 9.90. The van der Waals surface area contributed by atoms with Crippen LogP contribution in [0.5, 0.6) is 0 Å². The second-order valence-electron chi connectivity index (χ2n) is 3.88. The molecule has 0 aromatic heterocycles. The van der Waals surface area contributed by atoms with E-state index in [9.17, 15) is 14.4 Å². The van der Waals surface area contributed by atoms with Gasteiger partial charge in [-0.2, -0.15) is 0 Å². The molecule has 1 fully saturated rings. The number of esters is 1. The van der Waals surface area contributed by atoms with E-state index >= 15 is 0 Å². The van der Waals surface area contributed by atoms with E-state index in [1.54, 1.807) is 6.08 Å². The Labute approximate surface area is 100 Å². The molecule has 1 atom stereocenters. The number of allylic oxidation sites excluding steroid dienone is 2. The summed E-state index contributed by atoms with van der Waals surface area (Å²) in [5, 5.41) is 2.49. The molecule has 1 aliphatic heterocycles. The summed E-state index contributed by atoms with van der Waals surface area (Å²) >= 11 is 0. The van der Waals surface area contributed by atoms with Gasteiger partial charge < -0.3 is 10.1 Å². The molecule has 0 aliphatic carbocycles. The van der Waals surface area contributed by atoms with Gasteiger partial charge in [0.15, 0.2) is 0 Å². The smallest absolute Gasteiger partial charge is 0.328 e. The van der Waals surface area contributed by atoms with E-state index in [0.717, 1.165) is 6.42 Å². The minimum Gasteiger partial charge on any atom is -0.464 e. The zero-order valence-corrected chi connectivity index (χ0v) is 9.90. The van der Waals surface area contributed by atoms with Crippen LogP contribution in [0.2, 0.25) is 0 Å². The van der Waals surface area contributed by atoms with Crippen LogP contribution in [0, 0.1) is 0 Å². The van der Waals surface area contributed by atoms with Gasteiger partial charge in [-0.15, -0.1) is 0 Å². The third-order valence-electron chi connectivity index (χ3n) is 2.38. The predicted molar refractivity (Wildman–Crippen MR) is 61.2 cm³/mol. The fraction of sp³-hybridized carbons (Fsp3) is 0.583. The van der Waals surface area contributed by atoms with Gasteiger partial charge in [0.25, 0.3) is 0 Å². The van der Waals surface area contributed by atoms with Crippen LogP contribution in [0.3, 0.4) is 0 Å². The standard InChI is InChI=1S/C12H17NO4/c1-2-3-4-5-9(14)8-11(15)13-10-6-7-17-12(10)16/h3-4,10H,2,5-8H2,1H3,(H,13,15)/b4-3+/t10-/m0/s1. The molecule has 0 bridgehead atoms. The number of hydrogen-bond acceptors (Lipinski definition) is 4. The Morgan fingerprint density at radius 3 is 2.82 bits per heavy atom. The van der Waals surface area contributed by atoms with Gasteiger partial charge in [0.05, 0.1) is 13.0 Å². The number of Topliss-reactive ketones (excluding diaryl/α,β-unsaturated/α-hetero) is 1. The van der Waals surface area contributed by atoms with Crippen molar-refractivity contribution in [2.24, 2.45) is 0 Å². The normalized spacial score (nSPS) is 19.4. The lowest BCUT2D eigenvalue weighted by atomic mass is 10.1. The second kappa shape index (κ2) is 6.83. The van der Waals surface area contributed by atoms with Gasteiger partial charge in [0, 0.05) is 12.8 Å². The van der Waals surface area contributed by atoms with Crippen LogP contribution >= 0.6 is 0 Å². The summed E-state index contributed by atoms with van der Waals surface area (Å²) in [6.07, 6.45) is 5.06. The van der Waals surface area contributed by atoms with Crippen molar-refractivity contribution in [3.8, 4) is 0 Å². The summed E-state index contributed by atoms with van der Waals surface area (Å²) in [4.78, 5) is 33.9. The molecule has 0 saturated carbocycles. The van der Waals surface area contributed by atoms with Crippen LogP contribution in [-0.4, -0.2) is 30.3 Å². The first-order valence-corrected chi connectivity index (χ1v) is 5.76. The molecule has 5 nitrogen and oxygen atoms in total. The van der Waals surface area contributed by atoms with Gasteiger partial charge >= 0.3 is 5.97 Å². The Morgan fingerprint density at radius 2 is 2.24 bits per heavy atom. The molecule has 1 rings (SSSR count). The Morgan fingerprint density at radius 1 is 1.47 bits per heavy atom. The number of carbonyl (C=O) groups is 3. The molecule has 1 N–H and O–H groups in total. The minimum atomic E-state index is -0.582. The maximum atomic E-state index is 11.4. The molecule has 1 amide bonds. The van der Waals surface area contributed by atoms with Crippen LogP contribution in [0.25, 0.3) is 0 Å². The average molecular weight is 239 g/mol. The molecular weight excluding hydrogens is 222 g/mol. The molecule has 17 heavy (non-hydrogen) atoms. The Bertz CT molecular complexity index is 335. The average Bonchev–Trinajstić information content (AvgIpc) is 2.64. The molecule has 1 heterocycles. The first kappa shape index (κ1) is 13.4. The van der Waals surface area contributed by atoms with Crippen molar-refractivity contribution in [2.75, 3.05) is 6.61 Å². The maximum Gasteiger partial charge on any atom is 0.328 e. The van der Waals surface area contributed by atoms with Crippen LogP contribution in [0.1, 0.15) is 32.6 Å². The highest BCUT2D eigenvalue weighted by molar-refractivity contribution is 5.99. The van der Waals surface area contributed by atoms with Crippen molar-refractivity contribution in [1.82, 2.24) is 5.32 Å². The third-order valence-corrected chi connectivity index (χ3v) is 2.38. The van der Waals surface area contributed by atoms with E-state index in [1.165, 1.54) is 0 Å². The van der Waals surface area contributed by atoms with E-state index in [0.29, 0.717) is 13.0 Å². The molecule has 0 unspecified atom stereocenters. The molecule has 0 radical (unpaired) electrons. The monoisotopic (exact) mass is 239 g/mol. The van der Waals surface area contributed by atoms with E-state index in [2.05, 4.69) is 5.32 Å². The van der Waals surface area contributed by atoms with E-state index in [4.69, 9.17) is 4.74 Å². The van der Waals surface area contributed by atoms with Crippen LogP contribution in [0.15, 0.2) is 12.2 Å². The molecule has 94 valence electrons. The van der Waals surface area contributed by atoms with Gasteiger partial charge in [-0.3, -0.25) is 9.59 Å². The summed E-state index contributed by atoms with van der Waals surface area (Å²) in [7, 11) is 0. The summed E-state index contributed by atoms with van der Waals surface area (Å²) in [6.45, 7) is 2.30. The van der Waals surface area contributed by atoms with Crippen LogP contribution in [-0.2, 0) is 19.1 Å². The predicted octanol–water partition coefficient (Wildman–Crippen LogP) is 0.734. The van der Waals surface area contributed by atoms with Gasteiger partial charge in [0.2, 0.25) is 5.91 Å². The lowest BCUT2D eigenvalue weighted by Gasteiger charge is -2.07. The highest BCUT2D eigenvalue weighted by Crippen LogP contribution is 2.06. The summed E-state index contributed by atoms with van der Waals surface area (Å²) in [5.41, 5.74) is 0. The van der Waals surface area contributed by atoms with Gasteiger partial charge in [0.1, 0.15) is 11.8 Å². The molecule has 0 aromatic rings. The second-order valence-corrected chi connectivity index (χ2v) is 3.88. The molecule has 0 spiro atoms. The topological polar surface area (TPSA) is 72.5 Å². The van der Waals surface area contributed by atoms with E-state index < -0.39 is 17.9 Å². The first-order chi connectivity index (χ1) is 8.13. The van der Waals surface area contributed by atoms with Crippen molar-refractivity contribution >= 4 is 17.7 Å². The van der Waals surface area contributed by atoms with Crippen molar-refractivity contribution in [1.29, 1.82) is 0 Å². The number of carbonyl (C=O) groups excluding carboxylic acids is 3. The van der Waals surface area contributed by atoms with E-state index in [-0.39, 0.29) is 18.6 Å². The van der Waals surface area contributed by atoms with Crippen molar-refractivity contribution in [2.45, 2.75) is 38.6 Å². The van der Waals surface area contributed by atoms with Crippen molar-refractivity contribution in [3.05, 3.63) is 12.2 Å². The fourth-order valence-corrected chi connectivity index (χ4v) is 1.50. The number of hydrogen-bond donors (Lipinski definition) is 1. The zero-order chi connectivity index (χ0) is 12.7. The Hall–Kier alpha value is -1.65. The SMILES string of the molecule is CC/C=C/CC(=O)CC(=O)N[C@H]1CCOC1=O. The number of rotatable bonds is 6. The molecule has 0 aromatic carbocycles. The van der Waals surface area contributed by atoms with Crippen LogP contribution < -0.4 is 5.32 Å². The third kappa shape index (κ3) is 4.80. The lowest BCUT2D eigenvalue weighted by molar-refractivity contribution is -0.141. The molecule has 5 heteroatoms. The van der Waals surface area contributed by atoms with Crippen molar-refractivity contribution in [3.63, 3.8) is 0 Å². The molecule has 1 aliphatic rings. The van der Waals surface area contributed by atoms with Crippen molar-refractivity contribution < 1.29 is 19.1 Å². The van der Waals surface area contributed by atoms with Gasteiger partial charge in [-0.05, 0) is 6.42 Å². The first-order valence-electron chi connectivity index (χ1n) is 5.76. The molecular formula is C12H17NO4. The number of nitrogens with one attached hydrogen (secondary N) is 1. The fourth-order valence-electron chi connectivity index (χ4n) is 1.50. The molecule has 1 saturated heterocycles. The summed E-state index contributed by atoms with van der Waals surface area (Å²) < 4.78 is 4.70. The largest absolute Gasteiger partial charge is 0.464 e. The number of amides is 1. The number of cyclic esters (lactones) is 1. The van der Waals surface area contributed by atoms with Gasteiger partial charge in [-0.1, -0.05) is 19.1 Å². The lowest BCUT2D eigenvalue weighted by Crippen LogP contribution is -2.38. The Balaban J connectivity index is 2.26. The van der Waals surface area contributed by atoms with E-state index in [1.807, 2.05) is 13.0 Å². The minimum absolute atomic E-state index is 0.154. The summed E-state index contributed by atoms with van der Waals surface area (Å²) in [5.74, 6) is -0.987. The highest BCUT2D eigenvalue weighted by atomic mass is 16.5. The quantitative estimate of drug-likeness (QED) is 0.421.